The fourth-order valence-corrected chi connectivity index (χ4v) is 3.51. The third kappa shape index (κ3) is 5.61. The Morgan fingerprint density at radius 2 is 1.90 bits per heavy atom. The van der Waals surface area contributed by atoms with Gasteiger partial charge >= 0.3 is 0 Å². The third-order valence-electron chi connectivity index (χ3n) is 4.13. The van der Waals surface area contributed by atoms with Gasteiger partial charge in [-0.3, -0.25) is 14.2 Å². The van der Waals surface area contributed by atoms with Gasteiger partial charge in [0, 0.05) is 22.3 Å². The van der Waals surface area contributed by atoms with Gasteiger partial charge in [-0.15, -0.1) is 10.2 Å². The van der Waals surface area contributed by atoms with E-state index in [2.05, 4.69) is 20.8 Å². The van der Waals surface area contributed by atoms with Crippen LogP contribution >= 0.6 is 23.4 Å². The van der Waals surface area contributed by atoms with Crippen LogP contribution in [0.1, 0.15) is 29.8 Å². The number of aryl methyl sites for hydroxylation is 1. The van der Waals surface area contributed by atoms with E-state index in [-0.39, 0.29) is 23.6 Å². The smallest absolute Gasteiger partial charge is 0.251 e. The summed E-state index contributed by atoms with van der Waals surface area (Å²) in [6.45, 7) is 5.73. The monoisotopic (exact) mass is 443 g/mol. The zero-order valence-electron chi connectivity index (χ0n) is 16.8. The molecule has 3 aromatic rings. The molecule has 2 amide bonds. The molecule has 0 bridgehead atoms. The van der Waals surface area contributed by atoms with E-state index in [4.69, 9.17) is 11.6 Å². The Hall–Kier alpha value is -2.84. The van der Waals surface area contributed by atoms with Crippen molar-refractivity contribution in [2.75, 3.05) is 11.1 Å². The van der Waals surface area contributed by atoms with Crippen LogP contribution in [0, 0.1) is 6.92 Å². The van der Waals surface area contributed by atoms with Crippen molar-refractivity contribution in [1.82, 2.24) is 20.1 Å². The molecule has 0 aliphatic carbocycles. The predicted octanol–water partition coefficient (Wildman–Crippen LogP) is 4.10. The van der Waals surface area contributed by atoms with Crippen LogP contribution in [0.25, 0.3) is 5.69 Å². The molecule has 0 aliphatic rings. The molecule has 0 unspecified atom stereocenters. The van der Waals surface area contributed by atoms with Crippen LogP contribution in [0.3, 0.4) is 0 Å². The van der Waals surface area contributed by atoms with Gasteiger partial charge in [-0.1, -0.05) is 29.4 Å². The summed E-state index contributed by atoms with van der Waals surface area (Å²) in [7, 11) is 0. The number of rotatable bonds is 7. The second-order valence-electron chi connectivity index (χ2n) is 6.96. The first-order valence-electron chi connectivity index (χ1n) is 9.33. The second-order valence-corrected chi connectivity index (χ2v) is 8.31. The van der Waals surface area contributed by atoms with Crippen molar-refractivity contribution < 1.29 is 9.59 Å². The van der Waals surface area contributed by atoms with Crippen LogP contribution in [0.15, 0.2) is 53.9 Å². The highest BCUT2D eigenvalue weighted by Crippen LogP contribution is 2.24. The second kappa shape index (κ2) is 9.77. The Morgan fingerprint density at radius 3 is 2.57 bits per heavy atom. The third-order valence-corrected chi connectivity index (χ3v) is 5.48. The Kier molecular flexibility index (Phi) is 7.12. The molecule has 0 saturated carbocycles. The summed E-state index contributed by atoms with van der Waals surface area (Å²) in [6.07, 6.45) is 1.59. The van der Waals surface area contributed by atoms with Gasteiger partial charge in [0.05, 0.1) is 11.4 Å². The molecule has 9 heteroatoms. The Morgan fingerprint density at radius 1 is 1.17 bits per heavy atom. The quantitative estimate of drug-likeness (QED) is 0.536. The van der Waals surface area contributed by atoms with E-state index >= 15 is 0 Å². The van der Waals surface area contributed by atoms with Crippen molar-refractivity contribution in [2.24, 2.45) is 0 Å². The number of halogens is 1. The number of carbonyl (C=O) groups excluding carboxylic acids is 2. The van der Waals surface area contributed by atoms with E-state index in [0.29, 0.717) is 21.4 Å². The highest BCUT2D eigenvalue weighted by atomic mass is 35.5. The number of hydrogen-bond donors (Lipinski definition) is 2. The maximum absolute atomic E-state index is 12.3. The number of nitrogens with one attached hydrogen (secondary N) is 2. The van der Waals surface area contributed by atoms with E-state index in [1.807, 2.05) is 39.0 Å². The summed E-state index contributed by atoms with van der Waals surface area (Å²) in [5.41, 5.74) is 2.97. The maximum atomic E-state index is 12.3. The number of anilines is 1. The minimum atomic E-state index is -0.184. The molecule has 0 fully saturated rings. The van der Waals surface area contributed by atoms with Gasteiger partial charge in [-0.05, 0) is 62.7 Å². The minimum absolute atomic E-state index is 0.0619. The molecule has 0 saturated heterocycles. The standard InChI is InChI=1S/C21H22ClN5O2S/c1-13(2)24-20(29)15-5-7-16(8-6-15)25-19(28)11-30-21-26-23-12-27(21)17-9-4-14(3)18(22)10-17/h4-10,12-13H,11H2,1-3H3,(H,24,29)(H,25,28). The van der Waals surface area contributed by atoms with E-state index in [1.54, 1.807) is 35.2 Å². The summed E-state index contributed by atoms with van der Waals surface area (Å²) in [6, 6.07) is 12.5. The lowest BCUT2D eigenvalue weighted by atomic mass is 10.2. The topological polar surface area (TPSA) is 88.9 Å². The van der Waals surface area contributed by atoms with Crippen molar-refractivity contribution >= 4 is 40.9 Å². The predicted molar refractivity (Wildman–Crippen MR) is 120 cm³/mol. The fourth-order valence-electron chi connectivity index (χ4n) is 2.61. The van der Waals surface area contributed by atoms with Gasteiger partial charge in [0.2, 0.25) is 5.91 Å². The first kappa shape index (κ1) is 21.9. The average Bonchev–Trinajstić information content (AvgIpc) is 3.17. The molecule has 0 atom stereocenters. The molecule has 0 radical (unpaired) electrons. The summed E-state index contributed by atoms with van der Waals surface area (Å²) < 4.78 is 1.78. The number of carbonyl (C=O) groups is 2. The molecule has 0 spiro atoms. The van der Waals surface area contributed by atoms with Crippen molar-refractivity contribution in [3.8, 4) is 5.69 Å². The first-order valence-corrected chi connectivity index (χ1v) is 10.7. The van der Waals surface area contributed by atoms with Crippen molar-refractivity contribution in [1.29, 1.82) is 0 Å². The molecule has 1 aromatic heterocycles. The summed E-state index contributed by atoms with van der Waals surface area (Å²) in [5, 5.41) is 14.9. The van der Waals surface area contributed by atoms with Gasteiger partial charge in [0.1, 0.15) is 6.33 Å². The largest absolute Gasteiger partial charge is 0.350 e. The molecule has 30 heavy (non-hydrogen) atoms. The number of hydrogen-bond acceptors (Lipinski definition) is 5. The Labute approximate surface area is 184 Å². The molecule has 1 heterocycles. The summed E-state index contributed by atoms with van der Waals surface area (Å²) in [5.74, 6) is -0.168. The average molecular weight is 444 g/mol. The number of aromatic nitrogens is 3. The van der Waals surface area contributed by atoms with Gasteiger partial charge in [-0.2, -0.15) is 0 Å². The van der Waals surface area contributed by atoms with Crippen LogP contribution in [0.4, 0.5) is 5.69 Å². The summed E-state index contributed by atoms with van der Waals surface area (Å²) in [4.78, 5) is 24.3. The molecule has 156 valence electrons. The zero-order chi connectivity index (χ0) is 21.7. The van der Waals surface area contributed by atoms with Crippen LogP contribution < -0.4 is 10.6 Å². The van der Waals surface area contributed by atoms with Crippen molar-refractivity contribution in [3.63, 3.8) is 0 Å². The number of thioether (sulfide) groups is 1. The van der Waals surface area contributed by atoms with Gasteiger partial charge in [0.25, 0.3) is 5.91 Å². The van der Waals surface area contributed by atoms with E-state index < -0.39 is 0 Å². The SMILES string of the molecule is Cc1ccc(-n2cnnc2SCC(=O)Nc2ccc(C(=O)NC(C)C)cc2)cc1Cl. The van der Waals surface area contributed by atoms with Crippen LogP contribution in [0.5, 0.6) is 0 Å². The Bertz CT molecular complexity index is 1050. The number of benzene rings is 2. The van der Waals surface area contributed by atoms with Crippen molar-refractivity contribution in [3.05, 3.63) is 64.9 Å². The fraction of sp³-hybridized carbons (Fsp3) is 0.238. The van der Waals surface area contributed by atoms with Crippen LogP contribution in [-0.4, -0.2) is 38.4 Å². The lowest BCUT2D eigenvalue weighted by molar-refractivity contribution is -0.113. The Balaban J connectivity index is 1.59. The maximum Gasteiger partial charge on any atom is 0.251 e. The summed E-state index contributed by atoms with van der Waals surface area (Å²) >= 11 is 7.48. The number of nitrogens with zero attached hydrogens (tertiary/aromatic N) is 3. The van der Waals surface area contributed by atoms with Crippen LogP contribution in [-0.2, 0) is 4.79 Å². The molecule has 7 nitrogen and oxygen atoms in total. The lowest BCUT2D eigenvalue weighted by Gasteiger charge is -2.10. The highest BCUT2D eigenvalue weighted by Gasteiger charge is 2.12. The van der Waals surface area contributed by atoms with E-state index in [9.17, 15) is 9.59 Å². The van der Waals surface area contributed by atoms with Gasteiger partial charge in [-0.25, -0.2) is 0 Å². The lowest BCUT2D eigenvalue weighted by Crippen LogP contribution is -2.30. The van der Waals surface area contributed by atoms with E-state index in [0.717, 1.165) is 11.3 Å². The zero-order valence-corrected chi connectivity index (χ0v) is 18.4. The molecular weight excluding hydrogens is 422 g/mol. The molecular formula is C21H22ClN5O2S. The molecule has 2 aromatic carbocycles. The molecule has 3 rings (SSSR count). The molecule has 0 aliphatic heterocycles. The first-order chi connectivity index (χ1) is 14.3. The normalized spacial score (nSPS) is 10.8. The van der Waals surface area contributed by atoms with Gasteiger partial charge in [0.15, 0.2) is 5.16 Å². The molecule has 2 N–H and O–H groups in total. The highest BCUT2D eigenvalue weighted by molar-refractivity contribution is 7.99. The number of amides is 2. The van der Waals surface area contributed by atoms with Crippen molar-refractivity contribution in [2.45, 2.75) is 32.0 Å². The van der Waals surface area contributed by atoms with Crippen LogP contribution in [0.2, 0.25) is 5.02 Å². The minimum Gasteiger partial charge on any atom is -0.350 e. The van der Waals surface area contributed by atoms with Gasteiger partial charge < -0.3 is 10.6 Å². The van der Waals surface area contributed by atoms with E-state index in [1.165, 1.54) is 11.8 Å².